The first kappa shape index (κ1) is 11.3. The topological polar surface area (TPSA) is 63.0 Å². The smallest absolute Gasteiger partial charge is 0.168 e. The van der Waals surface area contributed by atoms with Crippen molar-refractivity contribution in [1.82, 2.24) is 0 Å². The van der Waals surface area contributed by atoms with E-state index in [9.17, 15) is 0 Å². The number of nitrogens with two attached hydrogens (primary N) is 1. The highest BCUT2D eigenvalue weighted by Crippen LogP contribution is 2.21. The van der Waals surface area contributed by atoms with Gasteiger partial charge in [-0.1, -0.05) is 30.3 Å². The summed E-state index contributed by atoms with van der Waals surface area (Å²) in [4.78, 5) is 0. The minimum absolute atomic E-state index is 0. The Morgan fingerprint density at radius 3 is 2.27 bits per heavy atom. The van der Waals surface area contributed by atoms with Crippen LogP contribution >= 0.6 is 12.4 Å². The summed E-state index contributed by atoms with van der Waals surface area (Å²) in [5.41, 5.74) is 6.28. The molecular weight excluding hydrogens is 212 g/mol. The standard InChI is InChI=1S/C11H10N2O.ClH/c12-11(13)10-7-6-9(14-10)8-4-2-1-3-5-8;/h1-7H,(H3,12,13);1H. The van der Waals surface area contributed by atoms with Gasteiger partial charge in [-0.15, -0.1) is 12.4 Å². The van der Waals surface area contributed by atoms with E-state index in [1.165, 1.54) is 0 Å². The van der Waals surface area contributed by atoms with Crippen molar-refractivity contribution in [3.63, 3.8) is 0 Å². The van der Waals surface area contributed by atoms with Crippen molar-refractivity contribution in [2.75, 3.05) is 0 Å². The van der Waals surface area contributed by atoms with E-state index in [2.05, 4.69) is 0 Å². The molecule has 0 fully saturated rings. The van der Waals surface area contributed by atoms with Gasteiger partial charge in [0.1, 0.15) is 5.76 Å². The third kappa shape index (κ3) is 2.39. The Balaban J connectivity index is 0.00000112. The van der Waals surface area contributed by atoms with Crippen LogP contribution in [0.5, 0.6) is 0 Å². The monoisotopic (exact) mass is 222 g/mol. The lowest BCUT2D eigenvalue weighted by molar-refractivity contribution is 0.571. The molecule has 2 rings (SSSR count). The molecule has 0 unspecified atom stereocenters. The maximum atomic E-state index is 7.20. The highest BCUT2D eigenvalue weighted by molar-refractivity contribution is 5.92. The molecule has 3 nitrogen and oxygen atoms in total. The fourth-order valence-electron chi connectivity index (χ4n) is 1.24. The van der Waals surface area contributed by atoms with Gasteiger partial charge >= 0.3 is 0 Å². The molecule has 0 saturated heterocycles. The molecule has 78 valence electrons. The number of benzene rings is 1. The van der Waals surface area contributed by atoms with Gasteiger partial charge in [-0.05, 0) is 12.1 Å². The second-order valence-corrected chi connectivity index (χ2v) is 2.94. The van der Waals surface area contributed by atoms with Crippen LogP contribution in [0.2, 0.25) is 0 Å². The predicted molar refractivity (Wildman–Crippen MR) is 62.4 cm³/mol. The van der Waals surface area contributed by atoms with Crippen LogP contribution < -0.4 is 5.73 Å². The summed E-state index contributed by atoms with van der Waals surface area (Å²) in [6.45, 7) is 0. The van der Waals surface area contributed by atoms with Crippen LogP contribution in [0.25, 0.3) is 11.3 Å². The van der Waals surface area contributed by atoms with Gasteiger partial charge < -0.3 is 10.2 Å². The Bertz CT molecular complexity index is 451. The Labute approximate surface area is 93.8 Å². The molecule has 1 aromatic heterocycles. The van der Waals surface area contributed by atoms with Gasteiger partial charge in [0, 0.05) is 5.56 Å². The highest BCUT2D eigenvalue weighted by atomic mass is 35.5. The molecule has 0 saturated carbocycles. The molecule has 0 bridgehead atoms. The molecule has 0 aliphatic carbocycles. The van der Waals surface area contributed by atoms with E-state index < -0.39 is 0 Å². The Morgan fingerprint density at radius 2 is 1.73 bits per heavy atom. The number of hydrogen-bond acceptors (Lipinski definition) is 2. The van der Waals surface area contributed by atoms with Crippen molar-refractivity contribution >= 4 is 18.2 Å². The van der Waals surface area contributed by atoms with Crippen molar-refractivity contribution in [3.05, 3.63) is 48.2 Å². The molecule has 0 spiro atoms. The zero-order chi connectivity index (χ0) is 9.97. The van der Waals surface area contributed by atoms with Crippen molar-refractivity contribution in [2.24, 2.45) is 5.73 Å². The number of nitrogens with one attached hydrogen (secondary N) is 1. The second-order valence-electron chi connectivity index (χ2n) is 2.94. The summed E-state index contributed by atoms with van der Waals surface area (Å²) >= 11 is 0. The molecule has 3 N–H and O–H groups in total. The number of hydrogen-bond donors (Lipinski definition) is 2. The normalized spacial score (nSPS) is 9.33. The quantitative estimate of drug-likeness (QED) is 0.606. The zero-order valence-corrected chi connectivity index (χ0v) is 8.75. The van der Waals surface area contributed by atoms with E-state index >= 15 is 0 Å². The van der Waals surface area contributed by atoms with E-state index in [1.54, 1.807) is 6.07 Å². The van der Waals surface area contributed by atoms with Crippen molar-refractivity contribution in [1.29, 1.82) is 5.41 Å². The average Bonchev–Trinajstić information content (AvgIpc) is 2.68. The van der Waals surface area contributed by atoms with Crippen molar-refractivity contribution in [3.8, 4) is 11.3 Å². The van der Waals surface area contributed by atoms with Crippen LogP contribution in [-0.2, 0) is 0 Å². The van der Waals surface area contributed by atoms with E-state index in [4.69, 9.17) is 15.6 Å². The minimum atomic E-state index is -0.0489. The van der Waals surface area contributed by atoms with E-state index in [1.807, 2.05) is 36.4 Å². The summed E-state index contributed by atoms with van der Waals surface area (Å²) < 4.78 is 5.38. The first-order valence-corrected chi connectivity index (χ1v) is 4.27. The zero-order valence-electron chi connectivity index (χ0n) is 7.94. The number of rotatable bonds is 2. The van der Waals surface area contributed by atoms with Crippen molar-refractivity contribution in [2.45, 2.75) is 0 Å². The average molecular weight is 223 g/mol. The molecule has 0 radical (unpaired) electrons. The van der Waals surface area contributed by atoms with Gasteiger partial charge in [-0.3, -0.25) is 5.41 Å². The van der Waals surface area contributed by atoms with Crippen molar-refractivity contribution < 1.29 is 4.42 Å². The maximum Gasteiger partial charge on any atom is 0.168 e. The van der Waals surface area contributed by atoms with Gasteiger partial charge in [-0.25, -0.2) is 0 Å². The first-order valence-electron chi connectivity index (χ1n) is 4.27. The molecule has 4 heteroatoms. The summed E-state index contributed by atoms with van der Waals surface area (Å²) in [6.07, 6.45) is 0. The fourth-order valence-corrected chi connectivity index (χ4v) is 1.24. The lowest BCUT2D eigenvalue weighted by Gasteiger charge is -1.95. The van der Waals surface area contributed by atoms with Crippen LogP contribution in [0.3, 0.4) is 0 Å². The number of nitrogen functional groups attached to an aromatic ring is 1. The second kappa shape index (κ2) is 4.66. The molecule has 2 aromatic rings. The highest BCUT2D eigenvalue weighted by Gasteiger charge is 2.05. The molecular formula is C11H11ClN2O. The minimum Gasteiger partial charge on any atom is -0.453 e. The molecule has 15 heavy (non-hydrogen) atoms. The fraction of sp³-hybridized carbons (Fsp3) is 0. The maximum absolute atomic E-state index is 7.20. The molecule has 0 atom stereocenters. The predicted octanol–water partition coefficient (Wildman–Crippen LogP) is 2.65. The molecule has 1 heterocycles. The summed E-state index contributed by atoms with van der Waals surface area (Å²) in [5.74, 6) is 1.09. The lowest BCUT2D eigenvalue weighted by Crippen LogP contribution is -2.09. The first-order chi connectivity index (χ1) is 6.77. The SMILES string of the molecule is Cl.N=C(N)c1ccc(-c2ccccc2)o1. The van der Waals surface area contributed by atoms with Gasteiger partial charge in [0.15, 0.2) is 11.6 Å². The summed E-state index contributed by atoms with van der Waals surface area (Å²) in [5, 5.41) is 7.20. The molecule has 0 amide bonds. The summed E-state index contributed by atoms with van der Waals surface area (Å²) in [7, 11) is 0. The molecule has 1 aromatic carbocycles. The van der Waals surface area contributed by atoms with Gasteiger partial charge in [0.25, 0.3) is 0 Å². The van der Waals surface area contributed by atoms with Gasteiger partial charge in [0.05, 0.1) is 0 Å². The van der Waals surface area contributed by atoms with Crippen LogP contribution in [-0.4, -0.2) is 5.84 Å². The summed E-state index contributed by atoms with van der Waals surface area (Å²) in [6, 6.07) is 13.2. The van der Waals surface area contributed by atoms with E-state index in [-0.39, 0.29) is 18.2 Å². The lowest BCUT2D eigenvalue weighted by atomic mass is 10.2. The molecule has 0 aliphatic rings. The van der Waals surface area contributed by atoms with Gasteiger partial charge in [0.2, 0.25) is 0 Å². The Hall–Kier alpha value is -1.74. The van der Waals surface area contributed by atoms with E-state index in [0.29, 0.717) is 5.76 Å². The van der Waals surface area contributed by atoms with Crippen LogP contribution in [0.4, 0.5) is 0 Å². The number of furan rings is 1. The largest absolute Gasteiger partial charge is 0.453 e. The third-order valence-electron chi connectivity index (χ3n) is 1.93. The number of amidine groups is 1. The molecule has 0 aliphatic heterocycles. The van der Waals surface area contributed by atoms with Crippen LogP contribution in [0.1, 0.15) is 5.76 Å². The van der Waals surface area contributed by atoms with Gasteiger partial charge in [-0.2, -0.15) is 0 Å². The van der Waals surface area contributed by atoms with Crippen LogP contribution in [0.15, 0.2) is 46.9 Å². The number of halogens is 1. The third-order valence-corrected chi connectivity index (χ3v) is 1.93. The Kier molecular flexibility index (Phi) is 3.52. The Morgan fingerprint density at radius 1 is 1.07 bits per heavy atom. The van der Waals surface area contributed by atoms with Crippen LogP contribution in [0, 0.1) is 5.41 Å². The van der Waals surface area contributed by atoms with E-state index in [0.717, 1.165) is 11.3 Å².